The van der Waals surface area contributed by atoms with E-state index in [-0.39, 0.29) is 0 Å². The Bertz CT molecular complexity index is 761. The Morgan fingerprint density at radius 2 is 2.11 bits per heavy atom. The molecule has 0 atom stereocenters. The fourth-order valence-corrected chi connectivity index (χ4v) is 1.63. The molecule has 18 heavy (non-hydrogen) atoms. The fourth-order valence-electron chi connectivity index (χ4n) is 1.63. The highest BCUT2D eigenvalue weighted by Crippen LogP contribution is 2.16. The summed E-state index contributed by atoms with van der Waals surface area (Å²) in [6.45, 7) is 0. The zero-order chi connectivity index (χ0) is 12.4. The molecule has 6 nitrogen and oxygen atoms in total. The highest BCUT2D eigenvalue weighted by Gasteiger charge is 1.99. The molecule has 0 radical (unpaired) electrons. The number of aromatic amines is 1. The van der Waals surface area contributed by atoms with Gasteiger partial charge >= 0.3 is 0 Å². The van der Waals surface area contributed by atoms with E-state index in [9.17, 15) is 0 Å². The third kappa shape index (κ3) is 1.80. The smallest absolute Gasteiger partial charge is 0.175 e. The second-order valence-electron chi connectivity index (χ2n) is 3.71. The molecule has 0 unspecified atom stereocenters. The van der Waals surface area contributed by atoms with Gasteiger partial charge in [-0.1, -0.05) is 0 Å². The molecule has 3 aromatic heterocycles. The second-order valence-corrected chi connectivity index (χ2v) is 3.71. The van der Waals surface area contributed by atoms with Crippen LogP contribution in [0.25, 0.3) is 10.9 Å². The number of nitrogens with one attached hydrogen (secondary N) is 1. The SMILES string of the molecule is Nc1cccnc1/N=c1/ccncc2cn[nH]c12. The van der Waals surface area contributed by atoms with Gasteiger partial charge < -0.3 is 5.73 Å². The van der Waals surface area contributed by atoms with Crippen molar-refractivity contribution < 1.29 is 0 Å². The van der Waals surface area contributed by atoms with Crippen LogP contribution in [-0.4, -0.2) is 20.2 Å². The molecule has 0 spiro atoms. The lowest BCUT2D eigenvalue weighted by atomic mass is 10.3. The van der Waals surface area contributed by atoms with E-state index in [0.717, 1.165) is 10.9 Å². The summed E-state index contributed by atoms with van der Waals surface area (Å²) in [5.74, 6) is 0.486. The summed E-state index contributed by atoms with van der Waals surface area (Å²) >= 11 is 0. The average Bonchev–Trinajstić information content (AvgIpc) is 2.76. The van der Waals surface area contributed by atoms with Crippen LogP contribution in [0.2, 0.25) is 0 Å². The number of hydrogen-bond donors (Lipinski definition) is 2. The Labute approximate surface area is 102 Å². The first-order valence-electron chi connectivity index (χ1n) is 5.37. The van der Waals surface area contributed by atoms with Crippen molar-refractivity contribution in [3.63, 3.8) is 0 Å². The van der Waals surface area contributed by atoms with E-state index in [2.05, 4.69) is 25.2 Å². The van der Waals surface area contributed by atoms with E-state index < -0.39 is 0 Å². The Morgan fingerprint density at radius 1 is 1.17 bits per heavy atom. The van der Waals surface area contributed by atoms with Crippen LogP contribution in [0.4, 0.5) is 11.5 Å². The number of hydrogen-bond acceptors (Lipinski definition) is 5. The maximum atomic E-state index is 5.82. The molecule has 3 rings (SSSR count). The largest absolute Gasteiger partial charge is 0.396 e. The number of fused-ring (bicyclic) bond motifs is 1. The Morgan fingerprint density at radius 3 is 3.00 bits per heavy atom. The first-order chi connectivity index (χ1) is 8.84. The van der Waals surface area contributed by atoms with Gasteiger partial charge in [-0.05, 0) is 18.2 Å². The van der Waals surface area contributed by atoms with Crippen LogP contribution in [0, 0.1) is 0 Å². The molecule has 0 aliphatic carbocycles. The normalized spacial score (nSPS) is 11.9. The van der Waals surface area contributed by atoms with Crippen molar-refractivity contribution in [2.24, 2.45) is 4.99 Å². The van der Waals surface area contributed by atoms with Crippen LogP contribution in [0.5, 0.6) is 0 Å². The van der Waals surface area contributed by atoms with E-state index in [1.165, 1.54) is 0 Å². The van der Waals surface area contributed by atoms with Gasteiger partial charge in [0, 0.05) is 24.0 Å². The lowest BCUT2D eigenvalue weighted by Crippen LogP contribution is -2.00. The van der Waals surface area contributed by atoms with Gasteiger partial charge in [0.05, 0.1) is 22.8 Å². The van der Waals surface area contributed by atoms with Crippen LogP contribution < -0.4 is 11.1 Å². The standard InChI is InChI=1S/C12H10N6/c13-9-2-1-4-15-12(9)17-10-3-5-14-6-8-7-16-18-11(8)10/h1-7H,13H2,(H,16,18)/b17-10-. The molecule has 0 fully saturated rings. The first kappa shape index (κ1) is 10.4. The fraction of sp³-hybridized carbons (Fsp3) is 0. The minimum absolute atomic E-state index is 0.486. The summed E-state index contributed by atoms with van der Waals surface area (Å²) in [4.78, 5) is 12.7. The van der Waals surface area contributed by atoms with Gasteiger partial charge in [0.2, 0.25) is 0 Å². The zero-order valence-electron chi connectivity index (χ0n) is 9.41. The molecule has 0 aliphatic heterocycles. The van der Waals surface area contributed by atoms with Crippen LogP contribution in [0.3, 0.4) is 0 Å². The molecule has 3 heterocycles. The van der Waals surface area contributed by atoms with Crippen LogP contribution >= 0.6 is 0 Å². The molecule has 0 amide bonds. The Balaban J connectivity index is 2.33. The lowest BCUT2D eigenvalue weighted by Gasteiger charge is -1.96. The maximum Gasteiger partial charge on any atom is 0.175 e. The summed E-state index contributed by atoms with van der Waals surface area (Å²) in [5, 5.41) is 8.45. The average molecular weight is 238 g/mol. The van der Waals surface area contributed by atoms with Gasteiger partial charge in [-0.15, -0.1) is 0 Å². The molecule has 88 valence electrons. The van der Waals surface area contributed by atoms with E-state index in [0.29, 0.717) is 16.9 Å². The predicted octanol–water partition coefficient (Wildman–Crippen LogP) is 1.17. The minimum Gasteiger partial charge on any atom is -0.396 e. The summed E-state index contributed by atoms with van der Waals surface area (Å²) in [7, 11) is 0. The molecule has 3 N–H and O–H groups in total. The molecular weight excluding hydrogens is 228 g/mol. The number of nitrogens with two attached hydrogens (primary N) is 1. The minimum atomic E-state index is 0.486. The van der Waals surface area contributed by atoms with E-state index >= 15 is 0 Å². The number of nitrogens with zero attached hydrogens (tertiary/aromatic N) is 4. The number of anilines is 1. The van der Waals surface area contributed by atoms with E-state index in [4.69, 9.17) is 5.73 Å². The number of rotatable bonds is 1. The molecule has 3 aromatic rings. The number of nitrogen functional groups attached to an aromatic ring is 1. The van der Waals surface area contributed by atoms with Crippen molar-refractivity contribution in [3.8, 4) is 0 Å². The topological polar surface area (TPSA) is 92.8 Å². The molecular formula is C12H10N6. The van der Waals surface area contributed by atoms with Gasteiger partial charge in [-0.25, -0.2) is 9.98 Å². The second kappa shape index (κ2) is 4.25. The Kier molecular flexibility index (Phi) is 2.45. The predicted molar refractivity (Wildman–Crippen MR) is 67.8 cm³/mol. The molecule has 0 saturated carbocycles. The van der Waals surface area contributed by atoms with E-state index in [1.807, 2.05) is 0 Å². The van der Waals surface area contributed by atoms with Crippen molar-refractivity contribution in [1.82, 2.24) is 20.2 Å². The van der Waals surface area contributed by atoms with E-state index in [1.54, 1.807) is 43.0 Å². The summed E-state index contributed by atoms with van der Waals surface area (Å²) in [5.41, 5.74) is 7.16. The van der Waals surface area contributed by atoms with Gasteiger partial charge in [0.1, 0.15) is 0 Å². The highest BCUT2D eigenvalue weighted by atomic mass is 15.1. The van der Waals surface area contributed by atoms with Gasteiger partial charge in [0.25, 0.3) is 0 Å². The molecule has 0 saturated heterocycles. The number of pyridine rings is 1. The summed E-state index contributed by atoms with van der Waals surface area (Å²) in [6.07, 6.45) is 6.75. The molecule has 0 aromatic carbocycles. The Hall–Kier alpha value is -2.76. The van der Waals surface area contributed by atoms with Crippen LogP contribution in [-0.2, 0) is 0 Å². The van der Waals surface area contributed by atoms with Crippen molar-refractivity contribution in [2.75, 3.05) is 5.73 Å². The summed E-state index contributed by atoms with van der Waals surface area (Å²) in [6, 6.07) is 5.32. The van der Waals surface area contributed by atoms with Crippen molar-refractivity contribution in [1.29, 1.82) is 0 Å². The number of aromatic nitrogens is 4. The van der Waals surface area contributed by atoms with Crippen molar-refractivity contribution >= 4 is 22.4 Å². The maximum absolute atomic E-state index is 5.82. The van der Waals surface area contributed by atoms with Gasteiger partial charge in [0.15, 0.2) is 5.82 Å². The molecule has 0 aliphatic rings. The lowest BCUT2D eigenvalue weighted by molar-refractivity contribution is 1.11. The third-order valence-corrected chi connectivity index (χ3v) is 2.50. The highest BCUT2D eigenvalue weighted by molar-refractivity contribution is 5.75. The van der Waals surface area contributed by atoms with Crippen LogP contribution in [0.15, 0.2) is 48.0 Å². The van der Waals surface area contributed by atoms with Crippen molar-refractivity contribution in [3.05, 3.63) is 48.3 Å². The van der Waals surface area contributed by atoms with Crippen molar-refractivity contribution in [2.45, 2.75) is 0 Å². The number of H-pyrrole nitrogens is 1. The zero-order valence-corrected chi connectivity index (χ0v) is 9.41. The molecule has 6 heteroatoms. The monoisotopic (exact) mass is 238 g/mol. The summed E-state index contributed by atoms with van der Waals surface area (Å²) < 4.78 is 0. The third-order valence-electron chi connectivity index (χ3n) is 2.50. The first-order valence-corrected chi connectivity index (χ1v) is 5.37. The van der Waals surface area contributed by atoms with Gasteiger partial charge in [-0.2, -0.15) is 5.10 Å². The van der Waals surface area contributed by atoms with Gasteiger partial charge in [-0.3, -0.25) is 10.1 Å². The quantitative estimate of drug-likeness (QED) is 0.665. The van der Waals surface area contributed by atoms with Crippen LogP contribution in [0.1, 0.15) is 0 Å². The molecule has 0 bridgehead atoms.